The van der Waals surface area contributed by atoms with Gasteiger partial charge in [0.2, 0.25) is 10.0 Å². The van der Waals surface area contributed by atoms with Crippen LogP contribution in [-0.2, 0) is 10.0 Å². The summed E-state index contributed by atoms with van der Waals surface area (Å²) >= 11 is 1.57. The molecule has 1 aromatic carbocycles. The van der Waals surface area contributed by atoms with E-state index in [0.717, 1.165) is 5.75 Å². The maximum Gasteiger partial charge on any atom is 0.240 e. The Hall–Kier alpha value is -0.720. The molecule has 0 atom stereocenters. The maximum absolute atomic E-state index is 11.6. The van der Waals surface area contributed by atoms with Gasteiger partial charge in [0.25, 0.3) is 0 Å². The molecule has 4 nitrogen and oxygen atoms in total. The van der Waals surface area contributed by atoms with Gasteiger partial charge in [-0.25, -0.2) is 13.1 Å². The molecule has 2 N–H and O–H groups in total. The number of aromatic hydroxyl groups is 1. The van der Waals surface area contributed by atoms with Crippen LogP contribution in [0.3, 0.4) is 0 Å². The Kier molecular flexibility index (Phi) is 4.44. The first-order valence-electron chi connectivity index (χ1n) is 4.34. The van der Waals surface area contributed by atoms with E-state index in [9.17, 15) is 8.42 Å². The lowest BCUT2D eigenvalue weighted by molar-refractivity contribution is 0.474. The SMILES string of the molecule is CSCCNS(=O)(=O)c1ccc(O)cc1. The first-order chi connectivity index (χ1) is 7.06. The Morgan fingerprint density at radius 1 is 1.33 bits per heavy atom. The highest BCUT2D eigenvalue weighted by Gasteiger charge is 2.12. The third-order valence-corrected chi connectivity index (χ3v) is 3.83. The monoisotopic (exact) mass is 247 g/mol. The molecular weight excluding hydrogens is 234 g/mol. The molecule has 0 bridgehead atoms. The van der Waals surface area contributed by atoms with E-state index in [1.54, 1.807) is 11.8 Å². The molecule has 0 aliphatic rings. The largest absolute Gasteiger partial charge is 0.508 e. The zero-order valence-electron chi connectivity index (χ0n) is 8.30. The zero-order valence-corrected chi connectivity index (χ0v) is 9.94. The standard InChI is InChI=1S/C9H13NO3S2/c1-14-7-6-10-15(12,13)9-4-2-8(11)3-5-9/h2-5,10-11H,6-7H2,1H3. The normalized spacial score (nSPS) is 11.5. The first kappa shape index (κ1) is 12.4. The summed E-state index contributed by atoms with van der Waals surface area (Å²) in [6.45, 7) is 0.407. The summed E-state index contributed by atoms with van der Waals surface area (Å²) < 4.78 is 25.7. The number of nitrogens with one attached hydrogen (secondary N) is 1. The Morgan fingerprint density at radius 2 is 1.93 bits per heavy atom. The highest BCUT2D eigenvalue weighted by atomic mass is 32.2. The van der Waals surface area contributed by atoms with Crippen molar-refractivity contribution in [3.63, 3.8) is 0 Å². The van der Waals surface area contributed by atoms with Crippen molar-refractivity contribution in [3.8, 4) is 5.75 Å². The van der Waals surface area contributed by atoms with E-state index in [1.807, 2.05) is 6.26 Å². The highest BCUT2D eigenvalue weighted by Crippen LogP contribution is 2.13. The molecule has 0 radical (unpaired) electrons. The summed E-state index contributed by atoms with van der Waals surface area (Å²) in [4.78, 5) is 0.168. The molecule has 0 aliphatic heterocycles. The molecule has 84 valence electrons. The van der Waals surface area contributed by atoms with Gasteiger partial charge in [-0.15, -0.1) is 0 Å². The van der Waals surface area contributed by atoms with Gasteiger partial charge in [-0.3, -0.25) is 0 Å². The van der Waals surface area contributed by atoms with Crippen molar-refractivity contribution in [1.82, 2.24) is 4.72 Å². The molecule has 0 fully saturated rings. The van der Waals surface area contributed by atoms with Crippen LogP contribution in [0.25, 0.3) is 0 Å². The second kappa shape index (κ2) is 5.39. The first-order valence-corrected chi connectivity index (χ1v) is 7.21. The number of phenols is 1. The van der Waals surface area contributed by atoms with E-state index < -0.39 is 10.0 Å². The minimum absolute atomic E-state index is 0.0538. The molecular formula is C9H13NO3S2. The quantitative estimate of drug-likeness (QED) is 0.763. The summed E-state index contributed by atoms with van der Waals surface area (Å²) in [5.41, 5.74) is 0. The van der Waals surface area contributed by atoms with Gasteiger partial charge in [0.05, 0.1) is 4.90 Å². The fourth-order valence-corrected chi connectivity index (χ4v) is 2.45. The van der Waals surface area contributed by atoms with Crippen LogP contribution in [0.4, 0.5) is 0 Å². The van der Waals surface area contributed by atoms with Crippen molar-refractivity contribution in [2.24, 2.45) is 0 Å². The van der Waals surface area contributed by atoms with Gasteiger partial charge in [0.1, 0.15) is 5.75 Å². The molecule has 15 heavy (non-hydrogen) atoms. The molecule has 0 aromatic heterocycles. The van der Waals surface area contributed by atoms with E-state index >= 15 is 0 Å². The molecule has 6 heteroatoms. The molecule has 0 spiro atoms. The minimum atomic E-state index is -3.42. The van der Waals surface area contributed by atoms with Crippen molar-refractivity contribution < 1.29 is 13.5 Å². The van der Waals surface area contributed by atoms with Crippen molar-refractivity contribution >= 4 is 21.8 Å². The minimum Gasteiger partial charge on any atom is -0.508 e. The van der Waals surface area contributed by atoms with Crippen LogP contribution in [0.1, 0.15) is 0 Å². The molecule has 0 saturated carbocycles. The summed E-state index contributed by atoms with van der Waals surface area (Å²) in [6, 6.07) is 5.44. The number of benzene rings is 1. The molecule has 0 unspecified atom stereocenters. The number of thioether (sulfide) groups is 1. The number of phenolic OH excluding ortho intramolecular Hbond substituents is 1. The average molecular weight is 247 g/mol. The third kappa shape index (κ3) is 3.73. The van der Waals surface area contributed by atoms with Crippen LogP contribution in [0.15, 0.2) is 29.2 Å². The number of rotatable bonds is 5. The summed E-state index contributed by atoms with van der Waals surface area (Å²) in [6.07, 6.45) is 1.91. The van der Waals surface area contributed by atoms with Crippen molar-refractivity contribution in [2.45, 2.75) is 4.90 Å². The van der Waals surface area contributed by atoms with E-state index in [1.165, 1.54) is 24.3 Å². The van der Waals surface area contributed by atoms with Gasteiger partial charge in [-0.05, 0) is 30.5 Å². The lowest BCUT2D eigenvalue weighted by Gasteiger charge is -2.05. The molecule has 0 aliphatic carbocycles. The molecule has 1 rings (SSSR count). The van der Waals surface area contributed by atoms with Crippen LogP contribution in [0.2, 0.25) is 0 Å². The lowest BCUT2D eigenvalue weighted by Crippen LogP contribution is -2.25. The number of hydrogen-bond acceptors (Lipinski definition) is 4. The summed E-state index contributed by atoms with van der Waals surface area (Å²) in [5, 5.41) is 9.02. The third-order valence-electron chi connectivity index (χ3n) is 1.75. The van der Waals surface area contributed by atoms with Crippen LogP contribution in [0, 0.1) is 0 Å². The van der Waals surface area contributed by atoms with Crippen LogP contribution < -0.4 is 4.72 Å². The molecule has 0 saturated heterocycles. The van der Waals surface area contributed by atoms with Gasteiger partial charge in [0.15, 0.2) is 0 Å². The Bertz CT molecular complexity index is 400. The summed E-state index contributed by atoms with van der Waals surface area (Å²) in [7, 11) is -3.42. The van der Waals surface area contributed by atoms with Gasteiger partial charge in [0, 0.05) is 12.3 Å². The maximum atomic E-state index is 11.6. The number of hydrogen-bond donors (Lipinski definition) is 2. The molecule has 0 heterocycles. The smallest absolute Gasteiger partial charge is 0.240 e. The zero-order chi connectivity index (χ0) is 11.3. The number of sulfonamides is 1. The second-order valence-corrected chi connectivity index (χ2v) is 5.64. The Balaban J connectivity index is 2.73. The van der Waals surface area contributed by atoms with Crippen LogP contribution in [0.5, 0.6) is 5.75 Å². The van der Waals surface area contributed by atoms with Crippen molar-refractivity contribution in [2.75, 3.05) is 18.6 Å². The van der Waals surface area contributed by atoms with E-state index in [0.29, 0.717) is 6.54 Å². The van der Waals surface area contributed by atoms with Gasteiger partial charge in [-0.2, -0.15) is 11.8 Å². The molecule has 0 amide bonds. The Morgan fingerprint density at radius 3 is 2.47 bits per heavy atom. The van der Waals surface area contributed by atoms with Gasteiger partial charge >= 0.3 is 0 Å². The van der Waals surface area contributed by atoms with Crippen LogP contribution in [-0.4, -0.2) is 32.1 Å². The van der Waals surface area contributed by atoms with E-state index in [2.05, 4.69) is 4.72 Å². The van der Waals surface area contributed by atoms with E-state index in [-0.39, 0.29) is 10.6 Å². The fraction of sp³-hybridized carbons (Fsp3) is 0.333. The predicted octanol–water partition coefficient (Wildman–Crippen LogP) is 1.03. The Labute approximate surface area is 93.8 Å². The molecule has 1 aromatic rings. The van der Waals surface area contributed by atoms with E-state index in [4.69, 9.17) is 5.11 Å². The average Bonchev–Trinajstić information content (AvgIpc) is 2.18. The second-order valence-electron chi connectivity index (χ2n) is 2.88. The summed E-state index contributed by atoms with van der Waals surface area (Å²) in [5.74, 6) is 0.787. The predicted molar refractivity (Wildman–Crippen MR) is 61.7 cm³/mol. The fourth-order valence-electron chi connectivity index (χ4n) is 0.987. The van der Waals surface area contributed by atoms with Crippen molar-refractivity contribution in [1.29, 1.82) is 0 Å². The van der Waals surface area contributed by atoms with Crippen LogP contribution >= 0.6 is 11.8 Å². The highest BCUT2D eigenvalue weighted by molar-refractivity contribution is 7.98. The topological polar surface area (TPSA) is 66.4 Å². The lowest BCUT2D eigenvalue weighted by atomic mass is 10.3. The van der Waals surface area contributed by atoms with Gasteiger partial charge in [-0.1, -0.05) is 0 Å². The van der Waals surface area contributed by atoms with Crippen molar-refractivity contribution in [3.05, 3.63) is 24.3 Å². The van der Waals surface area contributed by atoms with Gasteiger partial charge < -0.3 is 5.11 Å².